The summed E-state index contributed by atoms with van der Waals surface area (Å²) in [4.78, 5) is 11.8. The summed E-state index contributed by atoms with van der Waals surface area (Å²) in [5.74, 6) is -2.60. The highest BCUT2D eigenvalue weighted by molar-refractivity contribution is 6.32. The van der Waals surface area contributed by atoms with Gasteiger partial charge in [0.2, 0.25) is 0 Å². The van der Waals surface area contributed by atoms with Gasteiger partial charge in [-0.3, -0.25) is 4.79 Å². The van der Waals surface area contributed by atoms with Gasteiger partial charge in [-0.25, -0.2) is 8.78 Å². The first-order chi connectivity index (χ1) is 9.47. The van der Waals surface area contributed by atoms with E-state index < -0.39 is 17.4 Å². The van der Waals surface area contributed by atoms with Crippen LogP contribution in [-0.4, -0.2) is 10.9 Å². The molecule has 0 spiro atoms. The zero-order valence-corrected chi connectivity index (χ0v) is 10.9. The van der Waals surface area contributed by atoms with Gasteiger partial charge in [0.1, 0.15) is 5.75 Å². The summed E-state index contributed by atoms with van der Waals surface area (Å²) in [5, 5.41) is 9.42. The second-order valence-electron chi connectivity index (χ2n) is 4.04. The minimum absolute atomic E-state index is 0.0463. The predicted octanol–water partition coefficient (Wildman–Crippen LogP) is 4.22. The van der Waals surface area contributed by atoms with Crippen LogP contribution in [0.2, 0.25) is 5.02 Å². The molecule has 2 aromatic carbocycles. The Kier molecular flexibility index (Phi) is 4.15. The Morgan fingerprint density at radius 1 is 1.10 bits per heavy atom. The summed E-state index contributed by atoms with van der Waals surface area (Å²) in [6, 6.07) is 7.38. The Bertz CT molecular complexity index is 696. The van der Waals surface area contributed by atoms with Crippen LogP contribution in [-0.2, 0) is 0 Å². The van der Waals surface area contributed by atoms with Crippen molar-refractivity contribution in [2.75, 3.05) is 0 Å². The van der Waals surface area contributed by atoms with Gasteiger partial charge in [-0.2, -0.15) is 0 Å². The molecule has 2 rings (SSSR count). The zero-order chi connectivity index (χ0) is 14.7. The molecule has 0 atom stereocenters. The summed E-state index contributed by atoms with van der Waals surface area (Å²) < 4.78 is 25.8. The normalized spacial score (nSPS) is 10.9. The number of rotatable bonds is 3. The molecule has 0 aromatic heterocycles. The summed E-state index contributed by atoms with van der Waals surface area (Å²) in [5.41, 5.74) is 0.647. The van der Waals surface area contributed by atoms with E-state index in [4.69, 9.17) is 11.6 Å². The van der Waals surface area contributed by atoms with Gasteiger partial charge in [0.25, 0.3) is 0 Å². The number of phenolic OH excluding ortho intramolecular Hbond substituents is 1. The number of hydrogen-bond acceptors (Lipinski definition) is 2. The third-order valence-electron chi connectivity index (χ3n) is 2.60. The molecule has 0 aliphatic carbocycles. The van der Waals surface area contributed by atoms with Crippen molar-refractivity contribution < 1.29 is 18.7 Å². The van der Waals surface area contributed by atoms with Crippen LogP contribution in [0.4, 0.5) is 8.78 Å². The number of carbonyl (C=O) groups is 1. The average molecular weight is 295 g/mol. The van der Waals surface area contributed by atoms with Gasteiger partial charge in [0, 0.05) is 5.56 Å². The van der Waals surface area contributed by atoms with E-state index in [1.54, 1.807) is 6.07 Å². The van der Waals surface area contributed by atoms with E-state index in [1.165, 1.54) is 30.4 Å². The first kappa shape index (κ1) is 14.2. The van der Waals surface area contributed by atoms with Crippen LogP contribution in [0, 0.1) is 11.6 Å². The number of phenols is 1. The monoisotopic (exact) mass is 294 g/mol. The lowest BCUT2D eigenvalue weighted by Crippen LogP contribution is -1.96. The average Bonchev–Trinajstić information content (AvgIpc) is 2.43. The van der Waals surface area contributed by atoms with Crippen molar-refractivity contribution in [1.29, 1.82) is 0 Å². The Balaban J connectivity index is 2.19. The summed E-state index contributed by atoms with van der Waals surface area (Å²) in [7, 11) is 0. The molecule has 20 heavy (non-hydrogen) atoms. The fourth-order valence-corrected chi connectivity index (χ4v) is 1.73. The molecular weight excluding hydrogens is 286 g/mol. The van der Waals surface area contributed by atoms with Crippen LogP contribution in [0.5, 0.6) is 5.75 Å². The Morgan fingerprint density at radius 2 is 1.85 bits per heavy atom. The second kappa shape index (κ2) is 5.84. The fraction of sp³-hybridized carbons (Fsp3) is 0. The minimum Gasteiger partial charge on any atom is -0.506 e. The molecule has 0 bridgehead atoms. The number of halogens is 3. The van der Waals surface area contributed by atoms with E-state index in [-0.39, 0.29) is 16.3 Å². The van der Waals surface area contributed by atoms with Crippen molar-refractivity contribution in [3.63, 3.8) is 0 Å². The molecule has 0 saturated carbocycles. The van der Waals surface area contributed by atoms with Crippen molar-refractivity contribution in [3.8, 4) is 5.75 Å². The molecule has 1 N–H and O–H groups in total. The molecule has 102 valence electrons. The van der Waals surface area contributed by atoms with E-state index in [2.05, 4.69) is 0 Å². The van der Waals surface area contributed by atoms with Gasteiger partial charge >= 0.3 is 0 Å². The third kappa shape index (κ3) is 3.22. The number of allylic oxidation sites excluding steroid dienone is 1. The molecule has 0 fully saturated rings. The smallest absolute Gasteiger partial charge is 0.185 e. The minimum atomic E-state index is -1.07. The van der Waals surface area contributed by atoms with E-state index >= 15 is 0 Å². The van der Waals surface area contributed by atoms with Crippen molar-refractivity contribution >= 4 is 23.5 Å². The maximum absolute atomic E-state index is 13.0. The molecule has 0 aliphatic heterocycles. The lowest BCUT2D eigenvalue weighted by molar-refractivity contribution is 0.104. The Labute approximate surface area is 118 Å². The lowest BCUT2D eigenvalue weighted by atomic mass is 10.1. The molecule has 0 radical (unpaired) electrons. The van der Waals surface area contributed by atoms with E-state index in [9.17, 15) is 18.7 Å². The molecule has 0 amide bonds. The third-order valence-corrected chi connectivity index (χ3v) is 2.91. The van der Waals surface area contributed by atoms with Crippen LogP contribution < -0.4 is 0 Å². The van der Waals surface area contributed by atoms with Crippen molar-refractivity contribution in [2.45, 2.75) is 0 Å². The van der Waals surface area contributed by atoms with Crippen LogP contribution >= 0.6 is 11.6 Å². The molecular formula is C15H9ClF2O2. The predicted molar refractivity (Wildman–Crippen MR) is 72.8 cm³/mol. The van der Waals surface area contributed by atoms with Crippen LogP contribution in [0.3, 0.4) is 0 Å². The highest BCUT2D eigenvalue weighted by atomic mass is 35.5. The van der Waals surface area contributed by atoms with Crippen LogP contribution in [0.1, 0.15) is 15.9 Å². The number of hydrogen-bond donors (Lipinski definition) is 1. The van der Waals surface area contributed by atoms with E-state index in [0.29, 0.717) is 5.56 Å². The molecule has 5 heteroatoms. The Morgan fingerprint density at radius 3 is 2.50 bits per heavy atom. The van der Waals surface area contributed by atoms with Gasteiger partial charge < -0.3 is 5.11 Å². The van der Waals surface area contributed by atoms with E-state index in [0.717, 1.165) is 12.1 Å². The quantitative estimate of drug-likeness (QED) is 0.680. The fourth-order valence-electron chi connectivity index (χ4n) is 1.54. The molecule has 2 aromatic rings. The van der Waals surface area contributed by atoms with E-state index in [1.807, 2.05) is 0 Å². The van der Waals surface area contributed by atoms with Crippen molar-refractivity contribution in [1.82, 2.24) is 0 Å². The van der Waals surface area contributed by atoms with Crippen molar-refractivity contribution in [2.24, 2.45) is 0 Å². The molecule has 0 unspecified atom stereocenters. The largest absolute Gasteiger partial charge is 0.506 e. The number of aromatic hydroxyl groups is 1. The summed E-state index contributed by atoms with van der Waals surface area (Å²) in [6.07, 6.45) is 2.68. The zero-order valence-electron chi connectivity index (χ0n) is 10.1. The summed E-state index contributed by atoms with van der Waals surface area (Å²) in [6.45, 7) is 0. The highest BCUT2D eigenvalue weighted by Gasteiger charge is 2.07. The number of ketones is 1. The maximum Gasteiger partial charge on any atom is 0.185 e. The molecule has 2 nitrogen and oxygen atoms in total. The SMILES string of the molecule is O=C(C=Cc1ccc(O)c(Cl)c1)c1ccc(F)c(F)c1. The first-order valence-corrected chi connectivity index (χ1v) is 6.01. The highest BCUT2D eigenvalue weighted by Crippen LogP contribution is 2.24. The van der Waals surface area contributed by atoms with Crippen LogP contribution in [0.25, 0.3) is 6.08 Å². The van der Waals surface area contributed by atoms with Crippen molar-refractivity contribution in [3.05, 3.63) is 70.3 Å². The maximum atomic E-state index is 13.0. The second-order valence-corrected chi connectivity index (χ2v) is 4.44. The first-order valence-electron chi connectivity index (χ1n) is 5.63. The molecule has 0 saturated heterocycles. The number of carbonyl (C=O) groups excluding carboxylic acids is 1. The number of benzene rings is 2. The van der Waals surface area contributed by atoms with Crippen LogP contribution in [0.15, 0.2) is 42.5 Å². The Hall–Kier alpha value is -2.20. The van der Waals surface area contributed by atoms with Gasteiger partial charge in [-0.15, -0.1) is 0 Å². The lowest BCUT2D eigenvalue weighted by Gasteiger charge is -1.99. The van der Waals surface area contributed by atoms with Gasteiger partial charge in [-0.05, 0) is 42.0 Å². The standard InChI is InChI=1S/C15H9ClF2O2/c16-11-7-9(2-6-15(11)20)1-5-14(19)10-3-4-12(17)13(18)8-10/h1-8,20H. The van der Waals surface area contributed by atoms with Gasteiger partial charge in [-0.1, -0.05) is 23.7 Å². The van der Waals surface area contributed by atoms with Gasteiger partial charge in [0.05, 0.1) is 5.02 Å². The summed E-state index contributed by atoms with van der Waals surface area (Å²) >= 11 is 5.72. The molecule has 0 heterocycles. The topological polar surface area (TPSA) is 37.3 Å². The molecule has 0 aliphatic rings. The van der Waals surface area contributed by atoms with Gasteiger partial charge in [0.15, 0.2) is 17.4 Å².